The maximum absolute atomic E-state index is 5.47. The fraction of sp³-hybridized carbons (Fsp3) is 0.846. The summed E-state index contributed by atoms with van der Waals surface area (Å²) in [6, 6.07) is 0.554. The Morgan fingerprint density at radius 3 is 3.05 bits per heavy atom. The van der Waals surface area contributed by atoms with Crippen LogP contribution in [0, 0.1) is 6.92 Å². The number of hydrogen-bond acceptors (Lipinski definition) is 6. The molecule has 1 atom stereocenters. The number of methoxy groups -OCH3 is 1. The summed E-state index contributed by atoms with van der Waals surface area (Å²) in [5, 5.41) is 11.4. The molecule has 0 saturated carbocycles. The van der Waals surface area contributed by atoms with Gasteiger partial charge in [-0.3, -0.25) is 4.90 Å². The van der Waals surface area contributed by atoms with Crippen LogP contribution in [0.1, 0.15) is 31.0 Å². The van der Waals surface area contributed by atoms with Gasteiger partial charge in [0.2, 0.25) is 11.8 Å². The Morgan fingerprint density at radius 2 is 2.32 bits per heavy atom. The van der Waals surface area contributed by atoms with E-state index < -0.39 is 0 Å². The van der Waals surface area contributed by atoms with Crippen molar-refractivity contribution in [3.63, 3.8) is 0 Å². The van der Waals surface area contributed by atoms with Crippen molar-refractivity contribution in [1.82, 2.24) is 20.4 Å². The average molecular weight is 268 g/mol. The lowest BCUT2D eigenvalue weighted by Crippen LogP contribution is -2.45. The van der Waals surface area contributed by atoms with Gasteiger partial charge >= 0.3 is 0 Å². The van der Waals surface area contributed by atoms with Crippen molar-refractivity contribution >= 4 is 0 Å². The van der Waals surface area contributed by atoms with Crippen LogP contribution in [-0.4, -0.2) is 54.5 Å². The summed E-state index contributed by atoms with van der Waals surface area (Å²) >= 11 is 0. The molecular weight excluding hydrogens is 244 g/mol. The first-order chi connectivity index (χ1) is 9.29. The Balaban J connectivity index is 1.81. The molecule has 1 fully saturated rings. The van der Waals surface area contributed by atoms with Gasteiger partial charge in [-0.2, -0.15) is 0 Å². The second-order valence-corrected chi connectivity index (χ2v) is 5.03. The molecule has 2 heterocycles. The Hall–Kier alpha value is -0.980. The summed E-state index contributed by atoms with van der Waals surface area (Å²) in [5.41, 5.74) is 0. The second kappa shape index (κ2) is 7.57. The lowest BCUT2D eigenvalue weighted by Gasteiger charge is -2.34. The van der Waals surface area contributed by atoms with Gasteiger partial charge in [0.15, 0.2) is 0 Å². The molecule has 0 aliphatic carbocycles. The molecule has 108 valence electrons. The highest BCUT2D eigenvalue weighted by Crippen LogP contribution is 2.18. The van der Waals surface area contributed by atoms with E-state index in [0.717, 1.165) is 38.7 Å². The van der Waals surface area contributed by atoms with Gasteiger partial charge in [-0.1, -0.05) is 6.42 Å². The van der Waals surface area contributed by atoms with E-state index in [4.69, 9.17) is 9.15 Å². The maximum atomic E-state index is 5.47. The van der Waals surface area contributed by atoms with Crippen molar-refractivity contribution in [2.75, 3.05) is 33.4 Å². The zero-order valence-corrected chi connectivity index (χ0v) is 11.9. The van der Waals surface area contributed by atoms with E-state index in [0.29, 0.717) is 11.9 Å². The normalized spacial score (nSPS) is 20.8. The molecule has 2 rings (SSSR count). The fourth-order valence-corrected chi connectivity index (χ4v) is 2.52. The highest BCUT2D eigenvalue weighted by atomic mass is 16.5. The molecule has 0 bridgehead atoms. The summed E-state index contributed by atoms with van der Waals surface area (Å²) in [7, 11) is 1.73. The van der Waals surface area contributed by atoms with Crippen LogP contribution in [0.5, 0.6) is 0 Å². The van der Waals surface area contributed by atoms with E-state index in [1.165, 1.54) is 19.3 Å². The molecule has 1 aliphatic heterocycles. The average Bonchev–Trinajstić information content (AvgIpc) is 2.82. The van der Waals surface area contributed by atoms with E-state index in [9.17, 15) is 0 Å². The van der Waals surface area contributed by atoms with Gasteiger partial charge in [0.25, 0.3) is 0 Å². The third-order valence-corrected chi connectivity index (χ3v) is 3.52. The summed E-state index contributed by atoms with van der Waals surface area (Å²) in [5.74, 6) is 1.36. The number of aromatic nitrogens is 2. The monoisotopic (exact) mass is 268 g/mol. The van der Waals surface area contributed by atoms with Crippen LogP contribution < -0.4 is 5.32 Å². The van der Waals surface area contributed by atoms with Crippen LogP contribution in [0.25, 0.3) is 0 Å². The topological polar surface area (TPSA) is 63.4 Å². The number of piperidine rings is 1. The summed E-state index contributed by atoms with van der Waals surface area (Å²) in [6.45, 7) is 6.36. The SMILES string of the molecule is COCCNCC1CCCCN1Cc1nnc(C)o1. The molecule has 0 aromatic carbocycles. The number of nitrogens with zero attached hydrogens (tertiary/aromatic N) is 3. The lowest BCUT2D eigenvalue weighted by atomic mass is 10.0. The van der Waals surface area contributed by atoms with Gasteiger partial charge in [-0.25, -0.2) is 0 Å². The van der Waals surface area contributed by atoms with Crippen LogP contribution >= 0.6 is 0 Å². The molecule has 1 N–H and O–H groups in total. The van der Waals surface area contributed by atoms with Crippen molar-refractivity contribution in [3.05, 3.63) is 11.8 Å². The molecule has 6 nitrogen and oxygen atoms in total. The molecule has 1 unspecified atom stereocenters. The predicted octanol–water partition coefficient (Wildman–Crippen LogP) is 0.969. The minimum absolute atomic E-state index is 0.554. The molecule has 1 aliphatic rings. The number of nitrogens with one attached hydrogen (secondary N) is 1. The van der Waals surface area contributed by atoms with E-state index in [-0.39, 0.29) is 0 Å². The minimum atomic E-state index is 0.554. The first-order valence-corrected chi connectivity index (χ1v) is 7.02. The fourth-order valence-electron chi connectivity index (χ4n) is 2.52. The second-order valence-electron chi connectivity index (χ2n) is 5.03. The Kier molecular flexibility index (Phi) is 5.75. The van der Waals surface area contributed by atoms with Crippen molar-refractivity contribution < 1.29 is 9.15 Å². The lowest BCUT2D eigenvalue weighted by molar-refractivity contribution is 0.121. The molecule has 19 heavy (non-hydrogen) atoms. The van der Waals surface area contributed by atoms with Crippen LogP contribution in [-0.2, 0) is 11.3 Å². The van der Waals surface area contributed by atoms with Crippen molar-refractivity contribution in [1.29, 1.82) is 0 Å². The third-order valence-electron chi connectivity index (χ3n) is 3.52. The van der Waals surface area contributed by atoms with Crippen molar-refractivity contribution in [2.24, 2.45) is 0 Å². The van der Waals surface area contributed by atoms with Gasteiger partial charge in [-0.15, -0.1) is 10.2 Å². The zero-order chi connectivity index (χ0) is 13.5. The quantitative estimate of drug-likeness (QED) is 0.743. The first kappa shape index (κ1) is 14.4. The highest BCUT2D eigenvalue weighted by molar-refractivity contribution is 4.85. The highest BCUT2D eigenvalue weighted by Gasteiger charge is 2.23. The zero-order valence-electron chi connectivity index (χ0n) is 11.9. The predicted molar refractivity (Wildman–Crippen MR) is 71.8 cm³/mol. The van der Waals surface area contributed by atoms with Gasteiger partial charge < -0.3 is 14.5 Å². The Bertz CT molecular complexity index is 369. The maximum Gasteiger partial charge on any atom is 0.230 e. The molecule has 1 aromatic rings. The van der Waals surface area contributed by atoms with E-state index in [2.05, 4.69) is 20.4 Å². The minimum Gasteiger partial charge on any atom is -0.424 e. The van der Waals surface area contributed by atoms with Gasteiger partial charge in [0.1, 0.15) is 0 Å². The Morgan fingerprint density at radius 1 is 1.42 bits per heavy atom. The largest absolute Gasteiger partial charge is 0.424 e. The number of aryl methyl sites for hydroxylation is 1. The summed E-state index contributed by atoms with van der Waals surface area (Å²) < 4.78 is 10.5. The first-order valence-electron chi connectivity index (χ1n) is 7.02. The number of ether oxygens (including phenoxy) is 1. The number of rotatable bonds is 7. The van der Waals surface area contributed by atoms with Crippen LogP contribution in [0.2, 0.25) is 0 Å². The Labute approximate surface area is 114 Å². The van der Waals surface area contributed by atoms with E-state index in [1.54, 1.807) is 7.11 Å². The van der Waals surface area contributed by atoms with E-state index >= 15 is 0 Å². The van der Waals surface area contributed by atoms with Gasteiger partial charge in [0, 0.05) is 33.2 Å². The van der Waals surface area contributed by atoms with E-state index in [1.807, 2.05) is 6.92 Å². The van der Waals surface area contributed by atoms with Gasteiger partial charge in [0.05, 0.1) is 13.2 Å². The molecule has 1 saturated heterocycles. The van der Waals surface area contributed by atoms with Crippen molar-refractivity contribution in [3.8, 4) is 0 Å². The standard InChI is InChI=1S/C13H24N4O2/c1-11-15-16-13(19-11)10-17-7-4-3-5-12(17)9-14-6-8-18-2/h12,14H,3-10H2,1-2H3. The number of hydrogen-bond donors (Lipinski definition) is 1. The smallest absolute Gasteiger partial charge is 0.230 e. The number of likely N-dealkylation sites (tertiary alicyclic amines) is 1. The molecule has 0 amide bonds. The van der Waals surface area contributed by atoms with Crippen LogP contribution in [0.15, 0.2) is 4.42 Å². The van der Waals surface area contributed by atoms with Crippen LogP contribution in [0.3, 0.4) is 0 Å². The summed E-state index contributed by atoms with van der Waals surface area (Å²) in [6.07, 6.45) is 3.78. The van der Waals surface area contributed by atoms with Crippen LogP contribution in [0.4, 0.5) is 0 Å². The van der Waals surface area contributed by atoms with Gasteiger partial charge in [-0.05, 0) is 19.4 Å². The molecule has 0 spiro atoms. The molecule has 0 radical (unpaired) electrons. The third kappa shape index (κ3) is 4.56. The summed E-state index contributed by atoms with van der Waals surface area (Å²) in [4.78, 5) is 2.44. The molecule has 6 heteroatoms. The molecular formula is C13H24N4O2. The molecule has 1 aromatic heterocycles. The van der Waals surface area contributed by atoms with Crippen molar-refractivity contribution in [2.45, 2.75) is 38.8 Å².